The topological polar surface area (TPSA) is 79.8 Å². The summed E-state index contributed by atoms with van der Waals surface area (Å²) in [6.45, 7) is 2.52. The first kappa shape index (κ1) is 16.9. The van der Waals surface area contributed by atoms with Crippen molar-refractivity contribution in [2.75, 3.05) is 11.1 Å². The van der Waals surface area contributed by atoms with Gasteiger partial charge in [-0.1, -0.05) is 41.9 Å². The summed E-state index contributed by atoms with van der Waals surface area (Å²) in [5, 5.41) is 10.4. The van der Waals surface area contributed by atoms with E-state index in [1.54, 1.807) is 18.2 Å². The van der Waals surface area contributed by atoms with Crippen molar-refractivity contribution < 1.29 is 4.79 Å². The second-order valence-corrected chi connectivity index (χ2v) is 6.27. The molecule has 2 rings (SSSR count). The molecule has 9 heteroatoms. The van der Waals surface area contributed by atoms with Crippen LogP contribution >= 0.6 is 35.0 Å². The van der Waals surface area contributed by atoms with Gasteiger partial charge in [-0.05, 0) is 24.6 Å². The molecule has 6 nitrogen and oxygen atoms in total. The molecule has 0 fully saturated rings. The predicted octanol–water partition coefficient (Wildman–Crippen LogP) is 3.02. The highest BCUT2D eigenvalue weighted by atomic mass is 35.5. The average molecular weight is 361 g/mol. The van der Waals surface area contributed by atoms with Gasteiger partial charge in [-0.3, -0.25) is 9.36 Å². The minimum atomic E-state index is -0.272. The van der Waals surface area contributed by atoms with Gasteiger partial charge in [-0.25, -0.2) is 9.89 Å². The summed E-state index contributed by atoms with van der Waals surface area (Å²) in [4.78, 5) is 23.5. The number of aromatic nitrogens is 3. The van der Waals surface area contributed by atoms with Crippen molar-refractivity contribution in [1.29, 1.82) is 0 Å². The zero-order valence-corrected chi connectivity index (χ0v) is 14.1. The van der Waals surface area contributed by atoms with E-state index in [2.05, 4.69) is 15.5 Å². The third-order valence-corrected chi connectivity index (χ3v) is 4.06. The molecule has 1 heterocycles. The van der Waals surface area contributed by atoms with E-state index in [9.17, 15) is 9.59 Å². The molecule has 2 N–H and O–H groups in total. The van der Waals surface area contributed by atoms with Crippen LogP contribution in [0, 0.1) is 0 Å². The molecular weight excluding hydrogens is 347 g/mol. The van der Waals surface area contributed by atoms with Crippen molar-refractivity contribution in [3.8, 4) is 0 Å². The van der Waals surface area contributed by atoms with Crippen molar-refractivity contribution in [3.05, 3.63) is 38.7 Å². The van der Waals surface area contributed by atoms with Gasteiger partial charge in [0.1, 0.15) is 0 Å². The van der Waals surface area contributed by atoms with Crippen molar-refractivity contribution in [1.82, 2.24) is 14.8 Å². The number of H-pyrrole nitrogens is 1. The smallest absolute Gasteiger partial charge is 0.325 e. The second kappa shape index (κ2) is 7.71. The number of carbonyl (C=O) groups is 1. The van der Waals surface area contributed by atoms with Gasteiger partial charge in [0.15, 0.2) is 5.16 Å². The molecule has 0 saturated heterocycles. The lowest BCUT2D eigenvalue weighted by atomic mass is 10.3. The Hall–Kier alpha value is -1.44. The Kier molecular flexibility index (Phi) is 5.93. The van der Waals surface area contributed by atoms with E-state index in [4.69, 9.17) is 23.2 Å². The summed E-state index contributed by atoms with van der Waals surface area (Å²) in [6, 6.07) is 4.80. The maximum absolute atomic E-state index is 11.9. The van der Waals surface area contributed by atoms with Gasteiger partial charge in [-0.2, -0.15) is 0 Å². The maximum atomic E-state index is 11.9. The maximum Gasteiger partial charge on any atom is 0.343 e. The van der Waals surface area contributed by atoms with Gasteiger partial charge in [0.25, 0.3) is 0 Å². The summed E-state index contributed by atoms with van der Waals surface area (Å²) in [7, 11) is 0. The Labute approximate surface area is 141 Å². The number of benzene rings is 1. The van der Waals surface area contributed by atoms with Crippen LogP contribution in [-0.2, 0) is 11.3 Å². The van der Waals surface area contributed by atoms with Crippen LogP contribution < -0.4 is 11.0 Å². The highest BCUT2D eigenvalue weighted by Gasteiger charge is 2.11. The largest absolute Gasteiger partial charge is 0.343 e. The number of hydrogen-bond donors (Lipinski definition) is 2. The summed E-state index contributed by atoms with van der Waals surface area (Å²) in [6.07, 6.45) is 0.806. The van der Waals surface area contributed by atoms with Crippen molar-refractivity contribution >= 4 is 46.6 Å². The number of amides is 1. The fourth-order valence-electron chi connectivity index (χ4n) is 1.79. The molecule has 0 unspecified atom stereocenters. The molecule has 0 aliphatic carbocycles. The number of hydrogen-bond acceptors (Lipinski definition) is 4. The highest BCUT2D eigenvalue weighted by Crippen LogP contribution is 2.23. The van der Waals surface area contributed by atoms with Crippen molar-refractivity contribution in [2.24, 2.45) is 0 Å². The van der Waals surface area contributed by atoms with Crippen LogP contribution in [0.5, 0.6) is 0 Å². The summed E-state index contributed by atoms with van der Waals surface area (Å²) in [5.74, 6) is -0.111. The lowest BCUT2D eigenvalue weighted by Crippen LogP contribution is -2.18. The molecule has 0 aliphatic heterocycles. The molecule has 1 amide bonds. The Balaban J connectivity index is 1.97. The van der Waals surface area contributed by atoms with E-state index in [-0.39, 0.29) is 17.3 Å². The molecule has 1 aromatic heterocycles. The quantitative estimate of drug-likeness (QED) is 0.775. The molecule has 0 atom stereocenters. The number of nitrogens with one attached hydrogen (secondary N) is 2. The lowest BCUT2D eigenvalue weighted by molar-refractivity contribution is -0.113. The molecule has 0 bridgehead atoms. The molecule has 0 saturated carbocycles. The molecule has 22 heavy (non-hydrogen) atoms. The SMILES string of the molecule is CCCn1c(SCC(=O)Nc2cc(Cl)cc(Cl)c2)n[nH]c1=O. The van der Waals surface area contributed by atoms with Gasteiger partial charge >= 0.3 is 5.69 Å². The van der Waals surface area contributed by atoms with E-state index < -0.39 is 0 Å². The third kappa shape index (κ3) is 4.53. The van der Waals surface area contributed by atoms with E-state index >= 15 is 0 Å². The molecule has 118 valence electrons. The average Bonchev–Trinajstić information content (AvgIpc) is 2.77. The van der Waals surface area contributed by atoms with Crippen LogP contribution in [0.2, 0.25) is 10.0 Å². The summed E-state index contributed by atoms with van der Waals surface area (Å²) in [5.41, 5.74) is 0.252. The molecule has 0 spiro atoms. The first-order chi connectivity index (χ1) is 10.5. The fraction of sp³-hybridized carbons (Fsp3) is 0.308. The number of nitrogens with zero attached hydrogens (tertiary/aromatic N) is 2. The molecule has 2 aromatic rings. The number of aromatic amines is 1. The predicted molar refractivity (Wildman–Crippen MR) is 89.0 cm³/mol. The Morgan fingerprint density at radius 3 is 2.68 bits per heavy atom. The third-order valence-electron chi connectivity index (χ3n) is 2.65. The van der Waals surface area contributed by atoms with Crippen LogP contribution in [0.4, 0.5) is 5.69 Å². The van der Waals surface area contributed by atoms with Gasteiger partial charge in [0, 0.05) is 22.3 Å². The second-order valence-electron chi connectivity index (χ2n) is 4.46. The standard InChI is InChI=1S/C13H14Cl2N4O2S/c1-2-3-19-12(21)17-18-13(19)22-7-11(20)16-10-5-8(14)4-9(15)6-10/h4-6H,2-3,7H2,1H3,(H,16,20)(H,17,21). The van der Waals surface area contributed by atoms with Crippen molar-refractivity contribution in [3.63, 3.8) is 0 Å². The number of rotatable bonds is 6. The molecule has 0 aliphatic rings. The lowest BCUT2D eigenvalue weighted by Gasteiger charge is -2.06. The fourth-order valence-corrected chi connectivity index (χ4v) is 3.09. The number of anilines is 1. The monoisotopic (exact) mass is 360 g/mol. The van der Waals surface area contributed by atoms with Gasteiger partial charge in [0.05, 0.1) is 5.75 Å². The van der Waals surface area contributed by atoms with Crippen LogP contribution in [0.15, 0.2) is 28.2 Å². The van der Waals surface area contributed by atoms with Crippen LogP contribution in [-0.4, -0.2) is 26.4 Å². The summed E-state index contributed by atoms with van der Waals surface area (Å²) < 4.78 is 1.51. The van der Waals surface area contributed by atoms with E-state index in [0.29, 0.717) is 27.4 Å². The zero-order valence-electron chi connectivity index (χ0n) is 11.7. The molecule has 0 radical (unpaired) electrons. The molecular formula is C13H14Cl2N4O2S. The minimum Gasteiger partial charge on any atom is -0.325 e. The highest BCUT2D eigenvalue weighted by molar-refractivity contribution is 7.99. The normalized spacial score (nSPS) is 10.7. The Morgan fingerprint density at radius 2 is 2.05 bits per heavy atom. The van der Waals surface area contributed by atoms with Gasteiger partial charge in [-0.15, -0.1) is 5.10 Å². The molecule has 1 aromatic carbocycles. The van der Waals surface area contributed by atoms with E-state index in [0.717, 1.165) is 6.42 Å². The van der Waals surface area contributed by atoms with Crippen LogP contribution in [0.3, 0.4) is 0 Å². The van der Waals surface area contributed by atoms with Crippen LogP contribution in [0.1, 0.15) is 13.3 Å². The van der Waals surface area contributed by atoms with Gasteiger partial charge < -0.3 is 5.32 Å². The van der Waals surface area contributed by atoms with Crippen molar-refractivity contribution in [2.45, 2.75) is 25.0 Å². The first-order valence-electron chi connectivity index (χ1n) is 6.53. The number of carbonyl (C=O) groups excluding carboxylic acids is 1. The van der Waals surface area contributed by atoms with Crippen LogP contribution in [0.25, 0.3) is 0 Å². The minimum absolute atomic E-state index is 0.123. The van der Waals surface area contributed by atoms with Gasteiger partial charge in [0.2, 0.25) is 5.91 Å². The first-order valence-corrected chi connectivity index (χ1v) is 8.27. The number of halogens is 2. The zero-order chi connectivity index (χ0) is 16.1. The number of thioether (sulfide) groups is 1. The van der Waals surface area contributed by atoms with E-state index in [1.165, 1.54) is 16.3 Å². The Bertz CT molecular complexity index is 709. The van der Waals surface area contributed by atoms with E-state index in [1.807, 2.05) is 6.92 Å². The summed E-state index contributed by atoms with van der Waals surface area (Å²) >= 11 is 12.9. The Morgan fingerprint density at radius 1 is 1.36 bits per heavy atom.